The SMILES string of the molecule is CCOC(=O)CCCCCCN1CCC[C@@H]1C=CC(=O)C1(c2ccccc2)CC1. The van der Waals surface area contributed by atoms with Gasteiger partial charge in [0, 0.05) is 12.5 Å². The summed E-state index contributed by atoms with van der Waals surface area (Å²) in [5.41, 5.74) is 0.917. The van der Waals surface area contributed by atoms with Gasteiger partial charge in [0.1, 0.15) is 0 Å². The van der Waals surface area contributed by atoms with E-state index in [1.54, 1.807) is 0 Å². The summed E-state index contributed by atoms with van der Waals surface area (Å²) in [5, 5.41) is 0. The van der Waals surface area contributed by atoms with Crippen molar-refractivity contribution in [1.82, 2.24) is 4.90 Å². The smallest absolute Gasteiger partial charge is 0.305 e. The molecule has 0 unspecified atom stereocenters. The molecular weight excluding hydrogens is 362 g/mol. The molecule has 0 N–H and O–H groups in total. The maximum atomic E-state index is 12.9. The fourth-order valence-electron chi connectivity index (χ4n) is 4.44. The Morgan fingerprint density at radius 3 is 2.62 bits per heavy atom. The van der Waals surface area contributed by atoms with Crippen LogP contribution in [0.1, 0.15) is 70.3 Å². The minimum atomic E-state index is -0.250. The first kappa shape index (κ1) is 21.8. The van der Waals surface area contributed by atoms with E-state index in [4.69, 9.17) is 4.74 Å². The Hall–Kier alpha value is -1.94. The van der Waals surface area contributed by atoms with Crippen molar-refractivity contribution in [3.8, 4) is 0 Å². The highest BCUT2D eigenvalue weighted by molar-refractivity contribution is 6.01. The number of unbranched alkanes of at least 4 members (excludes halogenated alkanes) is 3. The van der Waals surface area contributed by atoms with Crippen molar-refractivity contribution in [3.63, 3.8) is 0 Å². The van der Waals surface area contributed by atoms with Crippen LogP contribution in [0.5, 0.6) is 0 Å². The van der Waals surface area contributed by atoms with Gasteiger partial charge in [0.15, 0.2) is 5.78 Å². The predicted octanol–water partition coefficient (Wildman–Crippen LogP) is 4.82. The van der Waals surface area contributed by atoms with E-state index in [1.807, 2.05) is 31.2 Å². The van der Waals surface area contributed by atoms with Crippen LogP contribution in [-0.2, 0) is 19.7 Å². The maximum Gasteiger partial charge on any atom is 0.305 e. The molecule has 1 aromatic carbocycles. The molecular formula is C25H35NO3. The van der Waals surface area contributed by atoms with Crippen molar-refractivity contribution in [2.24, 2.45) is 0 Å². The monoisotopic (exact) mass is 397 g/mol. The minimum Gasteiger partial charge on any atom is -0.466 e. The van der Waals surface area contributed by atoms with Gasteiger partial charge in [-0.3, -0.25) is 14.5 Å². The normalized spacial score (nSPS) is 20.8. The maximum absolute atomic E-state index is 12.9. The number of rotatable bonds is 12. The second-order valence-corrected chi connectivity index (χ2v) is 8.39. The van der Waals surface area contributed by atoms with E-state index in [2.05, 4.69) is 23.1 Å². The van der Waals surface area contributed by atoms with Crippen LogP contribution in [0.3, 0.4) is 0 Å². The van der Waals surface area contributed by atoms with Crippen LogP contribution in [0.25, 0.3) is 0 Å². The van der Waals surface area contributed by atoms with E-state index in [0.29, 0.717) is 19.1 Å². The zero-order chi connectivity index (χ0) is 20.5. The third-order valence-corrected chi connectivity index (χ3v) is 6.31. The number of nitrogens with zero attached hydrogens (tertiary/aromatic N) is 1. The summed E-state index contributed by atoms with van der Waals surface area (Å²) >= 11 is 0. The van der Waals surface area contributed by atoms with E-state index < -0.39 is 0 Å². The Morgan fingerprint density at radius 1 is 1.14 bits per heavy atom. The number of ether oxygens (including phenoxy) is 1. The average molecular weight is 398 g/mol. The zero-order valence-corrected chi connectivity index (χ0v) is 17.8. The number of likely N-dealkylation sites (tertiary alicyclic amines) is 1. The average Bonchev–Trinajstić information content (AvgIpc) is 3.43. The predicted molar refractivity (Wildman–Crippen MR) is 116 cm³/mol. The lowest BCUT2D eigenvalue weighted by molar-refractivity contribution is -0.143. The van der Waals surface area contributed by atoms with Crippen LogP contribution in [0.15, 0.2) is 42.5 Å². The number of hydrogen-bond acceptors (Lipinski definition) is 4. The summed E-state index contributed by atoms with van der Waals surface area (Å²) in [7, 11) is 0. The van der Waals surface area contributed by atoms with Crippen LogP contribution in [0.4, 0.5) is 0 Å². The largest absolute Gasteiger partial charge is 0.466 e. The van der Waals surface area contributed by atoms with Gasteiger partial charge in [-0.25, -0.2) is 0 Å². The first-order valence-electron chi connectivity index (χ1n) is 11.3. The molecule has 2 fully saturated rings. The van der Waals surface area contributed by atoms with Crippen molar-refractivity contribution < 1.29 is 14.3 Å². The molecule has 0 aromatic heterocycles. The molecule has 1 saturated carbocycles. The summed E-state index contributed by atoms with van der Waals surface area (Å²) < 4.78 is 4.96. The van der Waals surface area contributed by atoms with Gasteiger partial charge in [-0.1, -0.05) is 49.2 Å². The molecule has 1 heterocycles. The molecule has 1 aliphatic carbocycles. The molecule has 2 aliphatic rings. The van der Waals surface area contributed by atoms with Crippen molar-refractivity contribution in [1.29, 1.82) is 0 Å². The number of hydrogen-bond donors (Lipinski definition) is 0. The highest BCUT2D eigenvalue weighted by atomic mass is 16.5. The molecule has 0 radical (unpaired) electrons. The van der Waals surface area contributed by atoms with Gasteiger partial charge in [-0.15, -0.1) is 0 Å². The first-order valence-corrected chi connectivity index (χ1v) is 11.3. The molecule has 0 bridgehead atoms. The Kier molecular flexibility index (Phi) is 8.05. The van der Waals surface area contributed by atoms with E-state index >= 15 is 0 Å². The van der Waals surface area contributed by atoms with E-state index in [-0.39, 0.29) is 17.2 Å². The number of carbonyl (C=O) groups is 2. The Balaban J connectivity index is 1.39. The summed E-state index contributed by atoms with van der Waals surface area (Å²) in [4.78, 5) is 26.7. The molecule has 4 nitrogen and oxygen atoms in total. The second kappa shape index (κ2) is 10.7. The summed E-state index contributed by atoms with van der Waals surface area (Å²) in [5.74, 6) is 0.195. The van der Waals surface area contributed by atoms with Gasteiger partial charge < -0.3 is 4.74 Å². The standard InChI is InChI=1S/C25H35NO3/c1-2-29-24(28)14-8-3-4-9-19-26-20-10-13-22(26)15-16-23(27)25(17-18-25)21-11-6-5-7-12-21/h5-7,11-12,15-16,22H,2-4,8-10,13-14,17-20H2,1H3/t22-/m1/s1. The van der Waals surface area contributed by atoms with Crippen molar-refractivity contribution in [2.75, 3.05) is 19.7 Å². The molecule has 3 rings (SSSR count). The van der Waals surface area contributed by atoms with Gasteiger partial charge >= 0.3 is 5.97 Å². The molecule has 1 aliphatic heterocycles. The quantitative estimate of drug-likeness (QED) is 0.288. The van der Waals surface area contributed by atoms with E-state index in [9.17, 15) is 9.59 Å². The first-order chi connectivity index (χ1) is 14.2. The molecule has 1 atom stereocenters. The number of esters is 1. The third-order valence-electron chi connectivity index (χ3n) is 6.31. The van der Waals surface area contributed by atoms with Crippen molar-refractivity contribution in [2.45, 2.75) is 76.2 Å². The van der Waals surface area contributed by atoms with E-state index in [0.717, 1.165) is 58.0 Å². The van der Waals surface area contributed by atoms with E-state index in [1.165, 1.54) is 12.0 Å². The molecule has 29 heavy (non-hydrogen) atoms. The Bertz CT molecular complexity index is 693. The van der Waals surface area contributed by atoms with Gasteiger partial charge in [0.05, 0.1) is 12.0 Å². The van der Waals surface area contributed by atoms with Gasteiger partial charge in [-0.2, -0.15) is 0 Å². The van der Waals surface area contributed by atoms with Crippen molar-refractivity contribution >= 4 is 11.8 Å². The molecule has 0 amide bonds. The number of ketones is 1. The Morgan fingerprint density at radius 2 is 1.90 bits per heavy atom. The van der Waals surface area contributed by atoms with Crippen molar-refractivity contribution in [3.05, 3.63) is 48.0 Å². The molecule has 1 aromatic rings. The van der Waals surface area contributed by atoms with Crippen LogP contribution >= 0.6 is 0 Å². The summed E-state index contributed by atoms with van der Waals surface area (Å²) in [6, 6.07) is 10.6. The highest BCUT2D eigenvalue weighted by Crippen LogP contribution is 2.49. The van der Waals surface area contributed by atoms with Gasteiger partial charge in [-0.05, 0) is 70.2 Å². The lowest BCUT2D eigenvalue weighted by atomic mass is 9.91. The van der Waals surface area contributed by atoms with Crippen LogP contribution in [-0.4, -0.2) is 42.4 Å². The van der Waals surface area contributed by atoms with Crippen LogP contribution in [0, 0.1) is 0 Å². The number of benzene rings is 1. The van der Waals surface area contributed by atoms with Crippen LogP contribution in [0.2, 0.25) is 0 Å². The third kappa shape index (κ3) is 6.02. The van der Waals surface area contributed by atoms with Gasteiger partial charge in [0.25, 0.3) is 0 Å². The number of carbonyl (C=O) groups excluding carboxylic acids is 2. The lowest BCUT2D eigenvalue weighted by Gasteiger charge is -2.22. The molecule has 1 saturated heterocycles. The fraction of sp³-hybridized carbons (Fsp3) is 0.600. The lowest BCUT2D eigenvalue weighted by Crippen LogP contribution is -2.29. The Labute approximate surface area is 175 Å². The topological polar surface area (TPSA) is 46.6 Å². The number of allylic oxidation sites excluding steroid dienone is 1. The van der Waals surface area contributed by atoms with Gasteiger partial charge in [0.2, 0.25) is 0 Å². The molecule has 4 heteroatoms. The zero-order valence-electron chi connectivity index (χ0n) is 17.8. The highest BCUT2D eigenvalue weighted by Gasteiger charge is 2.49. The molecule has 158 valence electrons. The van der Waals surface area contributed by atoms with Crippen LogP contribution < -0.4 is 0 Å². The summed E-state index contributed by atoms with van der Waals surface area (Å²) in [6.07, 6.45) is 13.1. The minimum absolute atomic E-state index is 0.0779. The summed E-state index contributed by atoms with van der Waals surface area (Å²) in [6.45, 7) is 4.51. The fourth-order valence-corrected chi connectivity index (χ4v) is 4.44. The molecule has 0 spiro atoms. The second-order valence-electron chi connectivity index (χ2n) is 8.39.